The molecule has 2 aromatic heterocycles. The number of benzene rings is 1. The molecular weight excluding hydrogens is 484 g/mol. The van der Waals surface area contributed by atoms with Crippen LogP contribution in [0.3, 0.4) is 0 Å². The zero-order valence-corrected chi connectivity index (χ0v) is 19.8. The van der Waals surface area contributed by atoms with Gasteiger partial charge >= 0.3 is 0 Å². The van der Waals surface area contributed by atoms with Crippen molar-refractivity contribution in [2.75, 3.05) is 11.5 Å². The van der Waals surface area contributed by atoms with Crippen molar-refractivity contribution in [3.8, 4) is 11.9 Å². The normalized spacial score (nSPS) is 33.5. The van der Waals surface area contributed by atoms with Crippen LogP contribution in [0.4, 0.5) is 5.69 Å². The maximum absolute atomic E-state index is 14.2. The summed E-state index contributed by atoms with van der Waals surface area (Å²) in [7, 11) is 0. The second-order valence-corrected chi connectivity index (χ2v) is 10.1. The molecule has 9 nitrogen and oxygen atoms in total. The highest BCUT2D eigenvalue weighted by Crippen LogP contribution is 2.70. The van der Waals surface area contributed by atoms with Crippen LogP contribution >= 0.6 is 11.6 Å². The van der Waals surface area contributed by atoms with Crippen molar-refractivity contribution >= 4 is 40.0 Å². The smallest absolute Gasteiger partial charge is 0.243 e. The van der Waals surface area contributed by atoms with E-state index in [1.807, 2.05) is 0 Å². The molecular formula is C26H19ClN4O5. The van der Waals surface area contributed by atoms with E-state index in [0.29, 0.717) is 39.5 Å². The molecule has 4 aliphatic heterocycles. The predicted molar refractivity (Wildman–Crippen MR) is 126 cm³/mol. The van der Waals surface area contributed by atoms with Crippen LogP contribution in [-0.2, 0) is 19.1 Å². The summed E-state index contributed by atoms with van der Waals surface area (Å²) >= 11 is 5.90. The quantitative estimate of drug-likeness (QED) is 0.386. The lowest BCUT2D eigenvalue weighted by Gasteiger charge is -2.39. The van der Waals surface area contributed by atoms with Crippen LogP contribution < -0.4 is 9.64 Å². The number of halogens is 1. The molecule has 36 heavy (non-hydrogen) atoms. The number of nitriles is 1. The minimum atomic E-state index is -1.13. The second kappa shape index (κ2) is 7.23. The first-order valence-corrected chi connectivity index (χ1v) is 12.0. The largest absolute Gasteiger partial charge is 0.478 e. The van der Waals surface area contributed by atoms with Crippen LogP contribution in [0.5, 0.6) is 5.88 Å². The molecule has 2 bridgehead atoms. The lowest BCUT2D eigenvalue weighted by molar-refractivity contribution is -0.144. The molecule has 4 saturated heterocycles. The Labute approximate surface area is 210 Å². The number of anilines is 1. The fourth-order valence-corrected chi connectivity index (χ4v) is 6.56. The second-order valence-electron chi connectivity index (χ2n) is 9.71. The third kappa shape index (κ3) is 2.56. The highest BCUT2D eigenvalue weighted by Gasteiger charge is 2.87. The van der Waals surface area contributed by atoms with Crippen LogP contribution in [0.1, 0.15) is 18.9 Å². The summed E-state index contributed by atoms with van der Waals surface area (Å²) in [6.45, 7) is 2.03. The van der Waals surface area contributed by atoms with E-state index in [1.165, 1.54) is 11.1 Å². The van der Waals surface area contributed by atoms with Gasteiger partial charge in [0.1, 0.15) is 30.0 Å². The number of fused-ring (bicyclic) bond motifs is 9. The number of carbonyl (C=O) groups is 2. The zero-order chi connectivity index (χ0) is 24.8. The van der Waals surface area contributed by atoms with E-state index in [2.05, 4.69) is 16.0 Å². The van der Waals surface area contributed by atoms with Crippen molar-refractivity contribution in [1.29, 1.82) is 5.26 Å². The highest BCUT2D eigenvalue weighted by molar-refractivity contribution is 6.30. The molecule has 0 radical (unpaired) electrons. The Balaban J connectivity index is 1.26. The number of amides is 2. The summed E-state index contributed by atoms with van der Waals surface area (Å²) in [6, 6.07) is 12.2. The summed E-state index contributed by atoms with van der Waals surface area (Å²) in [6.07, 6.45) is 2.44. The Morgan fingerprint density at radius 2 is 2.06 bits per heavy atom. The van der Waals surface area contributed by atoms with E-state index >= 15 is 0 Å². The molecule has 4 fully saturated rings. The van der Waals surface area contributed by atoms with Crippen LogP contribution in [0.15, 0.2) is 48.8 Å². The average molecular weight is 503 g/mol. The van der Waals surface area contributed by atoms with Gasteiger partial charge in [-0.1, -0.05) is 11.6 Å². The molecule has 6 atom stereocenters. The molecule has 0 spiro atoms. The minimum absolute atomic E-state index is 0.215. The van der Waals surface area contributed by atoms with Crippen molar-refractivity contribution in [1.82, 2.24) is 9.97 Å². The standard InChI is InChI=1S/C26H19ClN4O5/c1-25-18(20-21-22(35-21)26(25,36-20)8-10-34-17-7-5-14(27)12-30-17)23(32)31(24(25)33)16-6-4-13(11-28)19-15(16)3-2-9-29-19/h2-7,9,12,18,20-22H,8,10H2,1H3/t18-,20-,21-,22-,25-,26-/m0/s1. The summed E-state index contributed by atoms with van der Waals surface area (Å²) < 4.78 is 18.2. The van der Waals surface area contributed by atoms with Crippen molar-refractivity contribution in [3.63, 3.8) is 0 Å². The van der Waals surface area contributed by atoms with Gasteiger partial charge < -0.3 is 14.2 Å². The molecule has 10 heteroatoms. The molecule has 0 N–H and O–H groups in total. The van der Waals surface area contributed by atoms with Crippen LogP contribution in [0.2, 0.25) is 5.02 Å². The third-order valence-electron chi connectivity index (χ3n) is 8.15. The summed E-state index contributed by atoms with van der Waals surface area (Å²) in [5.41, 5.74) is -0.882. The molecule has 0 aliphatic carbocycles. The molecule has 0 unspecified atom stereocenters. The van der Waals surface area contributed by atoms with E-state index < -0.39 is 23.0 Å². The van der Waals surface area contributed by atoms with Crippen molar-refractivity contribution in [2.24, 2.45) is 11.3 Å². The zero-order valence-electron chi connectivity index (χ0n) is 19.1. The Hall–Kier alpha value is -3.58. The first kappa shape index (κ1) is 21.7. The minimum Gasteiger partial charge on any atom is -0.478 e. The maximum atomic E-state index is 14.2. The Morgan fingerprint density at radius 3 is 2.83 bits per heavy atom. The SMILES string of the molecule is C[C@@]12C(=O)N(c3ccc(C#N)c4ncccc34)C(=O)[C@@H]1[C@@H]1O[C@@]2(CCOc2ccc(Cl)cn2)[C@H]2O[C@@H]12. The van der Waals surface area contributed by atoms with Gasteiger partial charge in [-0.05, 0) is 37.3 Å². The van der Waals surface area contributed by atoms with Gasteiger partial charge in [-0.15, -0.1) is 0 Å². The number of carbonyl (C=O) groups excluding carboxylic acids is 2. The van der Waals surface area contributed by atoms with Crippen molar-refractivity contribution in [2.45, 2.75) is 37.3 Å². The Kier molecular flexibility index (Phi) is 4.35. The van der Waals surface area contributed by atoms with Gasteiger partial charge in [0.15, 0.2) is 0 Å². The lowest BCUT2D eigenvalue weighted by Crippen LogP contribution is -2.55. The van der Waals surface area contributed by atoms with Gasteiger partial charge in [-0.25, -0.2) is 9.88 Å². The van der Waals surface area contributed by atoms with Gasteiger partial charge in [0.2, 0.25) is 17.7 Å². The van der Waals surface area contributed by atoms with Crippen LogP contribution in [0, 0.1) is 22.7 Å². The van der Waals surface area contributed by atoms with E-state index in [1.54, 1.807) is 49.5 Å². The maximum Gasteiger partial charge on any atom is 0.243 e. The van der Waals surface area contributed by atoms with Crippen LogP contribution in [-0.4, -0.2) is 52.3 Å². The van der Waals surface area contributed by atoms with Crippen molar-refractivity contribution < 1.29 is 23.8 Å². The third-order valence-corrected chi connectivity index (χ3v) is 8.37. The summed E-state index contributed by atoms with van der Waals surface area (Å²) in [4.78, 5) is 37.8. The summed E-state index contributed by atoms with van der Waals surface area (Å²) in [5.74, 6) is -0.929. The molecule has 180 valence electrons. The van der Waals surface area contributed by atoms with E-state index in [-0.39, 0.29) is 30.6 Å². The van der Waals surface area contributed by atoms with Gasteiger partial charge in [-0.2, -0.15) is 5.26 Å². The van der Waals surface area contributed by atoms with Gasteiger partial charge in [0, 0.05) is 30.3 Å². The van der Waals surface area contributed by atoms with Gasteiger partial charge in [-0.3, -0.25) is 14.6 Å². The van der Waals surface area contributed by atoms with Crippen molar-refractivity contribution in [3.05, 3.63) is 59.4 Å². The molecule has 7 rings (SSSR count). The Bertz CT molecular complexity index is 1510. The number of epoxide rings is 1. The first-order chi connectivity index (χ1) is 17.4. The predicted octanol–water partition coefficient (Wildman–Crippen LogP) is 3.04. The molecule has 1 aromatic carbocycles. The summed E-state index contributed by atoms with van der Waals surface area (Å²) in [5, 5.41) is 10.6. The number of pyridine rings is 2. The van der Waals surface area contributed by atoms with E-state index in [9.17, 15) is 14.9 Å². The molecule has 0 saturated carbocycles. The fourth-order valence-electron chi connectivity index (χ4n) is 6.45. The molecule has 3 aromatic rings. The number of aromatic nitrogens is 2. The number of hydrogen-bond donors (Lipinski definition) is 0. The van der Waals surface area contributed by atoms with E-state index in [4.69, 9.17) is 25.8 Å². The van der Waals surface area contributed by atoms with Gasteiger partial charge in [0.25, 0.3) is 0 Å². The number of ether oxygens (including phenoxy) is 3. The monoisotopic (exact) mass is 502 g/mol. The first-order valence-electron chi connectivity index (χ1n) is 11.6. The lowest BCUT2D eigenvalue weighted by atomic mass is 9.61. The number of rotatable bonds is 5. The van der Waals surface area contributed by atoms with Crippen LogP contribution in [0.25, 0.3) is 10.9 Å². The Morgan fingerprint density at radius 1 is 1.19 bits per heavy atom. The average Bonchev–Trinajstić information content (AvgIpc) is 3.53. The number of nitrogens with zero attached hydrogens (tertiary/aromatic N) is 4. The van der Waals surface area contributed by atoms with E-state index in [0.717, 1.165) is 0 Å². The highest BCUT2D eigenvalue weighted by atomic mass is 35.5. The molecule has 2 amide bonds. The topological polar surface area (TPSA) is 118 Å². The van der Waals surface area contributed by atoms with Gasteiger partial charge in [0.05, 0.1) is 39.7 Å². The number of hydrogen-bond acceptors (Lipinski definition) is 8. The molecule has 6 heterocycles. The molecule has 4 aliphatic rings. The fraction of sp³-hybridized carbons (Fsp3) is 0.346. The number of imide groups is 1.